The molecule has 1 aromatic rings. The minimum atomic E-state index is -0.754. The Labute approximate surface area is 97.9 Å². The lowest BCUT2D eigenvalue weighted by molar-refractivity contribution is -0.141. The second-order valence-electron chi connectivity index (χ2n) is 3.84. The molecule has 16 heavy (non-hydrogen) atoms. The van der Waals surface area contributed by atoms with Crippen LogP contribution < -0.4 is 5.32 Å². The van der Waals surface area contributed by atoms with Crippen LogP contribution in [-0.4, -0.2) is 27.1 Å². The molecule has 2 unspecified atom stereocenters. The van der Waals surface area contributed by atoms with E-state index in [2.05, 4.69) is 15.3 Å². The van der Waals surface area contributed by atoms with Gasteiger partial charge in [0, 0.05) is 12.2 Å². The molecule has 6 heteroatoms. The molecule has 1 aromatic heterocycles. The van der Waals surface area contributed by atoms with Crippen LogP contribution in [-0.2, 0) is 4.79 Å². The summed E-state index contributed by atoms with van der Waals surface area (Å²) < 4.78 is 0. The number of rotatable bonds is 3. The molecular weight excluding hydrogens is 230 g/mol. The van der Waals surface area contributed by atoms with Crippen LogP contribution in [0.5, 0.6) is 0 Å². The maximum atomic E-state index is 11.0. The van der Waals surface area contributed by atoms with Crippen LogP contribution >= 0.6 is 11.6 Å². The van der Waals surface area contributed by atoms with Crippen LogP contribution in [0.3, 0.4) is 0 Å². The zero-order valence-electron chi connectivity index (χ0n) is 8.56. The fraction of sp³-hybridized carbons (Fsp3) is 0.500. The first-order valence-electron chi connectivity index (χ1n) is 5.14. The lowest BCUT2D eigenvalue weighted by atomic mass is 10.0. The maximum Gasteiger partial charge on any atom is 0.308 e. The Bertz CT molecular complexity index is 399. The van der Waals surface area contributed by atoms with Gasteiger partial charge in [0.25, 0.3) is 0 Å². The second kappa shape index (κ2) is 4.65. The standard InChI is InChI=1S/C10H12ClN3O2/c11-10-12-5-4-8(14-10)13-7-3-1-2-6(7)9(15)16/h4-7H,1-3H2,(H,15,16)(H,12,13,14). The summed E-state index contributed by atoms with van der Waals surface area (Å²) in [6, 6.07) is 1.62. The maximum absolute atomic E-state index is 11.0. The van der Waals surface area contributed by atoms with Crippen molar-refractivity contribution in [3.05, 3.63) is 17.5 Å². The zero-order valence-corrected chi connectivity index (χ0v) is 9.31. The summed E-state index contributed by atoms with van der Waals surface area (Å²) in [6.07, 6.45) is 4.03. The van der Waals surface area contributed by atoms with E-state index in [1.807, 2.05) is 0 Å². The van der Waals surface area contributed by atoms with E-state index in [4.69, 9.17) is 16.7 Å². The van der Waals surface area contributed by atoms with Crippen LogP contribution in [0.4, 0.5) is 5.82 Å². The normalized spacial score (nSPS) is 24.3. The highest BCUT2D eigenvalue weighted by Gasteiger charge is 2.32. The van der Waals surface area contributed by atoms with Gasteiger partial charge < -0.3 is 10.4 Å². The lowest BCUT2D eigenvalue weighted by Gasteiger charge is -2.17. The summed E-state index contributed by atoms with van der Waals surface area (Å²) in [5.41, 5.74) is 0. The van der Waals surface area contributed by atoms with Gasteiger partial charge in [-0.3, -0.25) is 4.79 Å². The van der Waals surface area contributed by atoms with Crippen LogP contribution in [0.1, 0.15) is 19.3 Å². The Hall–Kier alpha value is -1.36. The number of carboxylic acid groups (broad SMARTS) is 1. The van der Waals surface area contributed by atoms with Crippen LogP contribution in [0.25, 0.3) is 0 Å². The van der Waals surface area contributed by atoms with Crippen molar-refractivity contribution in [1.82, 2.24) is 9.97 Å². The number of aliphatic carboxylic acids is 1. The molecule has 2 atom stereocenters. The van der Waals surface area contributed by atoms with Crippen molar-refractivity contribution in [2.75, 3.05) is 5.32 Å². The highest BCUT2D eigenvalue weighted by Crippen LogP contribution is 2.28. The van der Waals surface area contributed by atoms with Crippen molar-refractivity contribution >= 4 is 23.4 Å². The van der Waals surface area contributed by atoms with Crippen molar-refractivity contribution in [3.63, 3.8) is 0 Å². The van der Waals surface area contributed by atoms with Gasteiger partial charge in [-0.15, -0.1) is 0 Å². The van der Waals surface area contributed by atoms with Gasteiger partial charge in [0.05, 0.1) is 5.92 Å². The monoisotopic (exact) mass is 241 g/mol. The Balaban J connectivity index is 2.06. The van der Waals surface area contributed by atoms with E-state index in [-0.39, 0.29) is 17.2 Å². The molecule has 0 radical (unpaired) electrons. The molecule has 1 aliphatic rings. The first-order chi connectivity index (χ1) is 7.66. The Kier molecular flexibility index (Phi) is 3.24. The number of aromatic nitrogens is 2. The molecule has 1 saturated carbocycles. The highest BCUT2D eigenvalue weighted by molar-refractivity contribution is 6.28. The van der Waals surface area contributed by atoms with Crippen molar-refractivity contribution in [2.24, 2.45) is 5.92 Å². The number of hydrogen-bond acceptors (Lipinski definition) is 4. The fourth-order valence-corrected chi connectivity index (χ4v) is 2.18. The molecule has 1 heterocycles. The third-order valence-corrected chi connectivity index (χ3v) is 2.97. The quantitative estimate of drug-likeness (QED) is 0.790. The predicted molar refractivity (Wildman–Crippen MR) is 59.4 cm³/mol. The summed E-state index contributed by atoms with van der Waals surface area (Å²) in [6.45, 7) is 0. The molecule has 0 saturated heterocycles. The van der Waals surface area contributed by atoms with E-state index >= 15 is 0 Å². The zero-order chi connectivity index (χ0) is 11.5. The van der Waals surface area contributed by atoms with Crippen molar-refractivity contribution in [2.45, 2.75) is 25.3 Å². The molecular formula is C10H12ClN3O2. The number of carbonyl (C=O) groups is 1. The minimum Gasteiger partial charge on any atom is -0.481 e. The van der Waals surface area contributed by atoms with E-state index in [1.54, 1.807) is 12.3 Å². The van der Waals surface area contributed by atoms with Gasteiger partial charge in [0.2, 0.25) is 5.28 Å². The largest absolute Gasteiger partial charge is 0.481 e. The van der Waals surface area contributed by atoms with Crippen molar-refractivity contribution < 1.29 is 9.90 Å². The molecule has 0 amide bonds. The molecule has 0 bridgehead atoms. The van der Waals surface area contributed by atoms with Gasteiger partial charge >= 0.3 is 5.97 Å². The second-order valence-corrected chi connectivity index (χ2v) is 4.18. The molecule has 0 aliphatic heterocycles. The summed E-state index contributed by atoms with van der Waals surface area (Å²) in [5, 5.41) is 12.3. The van der Waals surface area contributed by atoms with E-state index < -0.39 is 5.97 Å². The van der Waals surface area contributed by atoms with Gasteiger partial charge in [0.1, 0.15) is 5.82 Å². The SMILES string of the molecule is O=C(O)C1CCCC1Nc1ccnc(Cl)n1. The Morgan fingerprint density at radius 2 is 2.38 bits per heavy atom. The number of nitrogens with one attached hydrogen (secondary N) is 1. The molecule has 86 valence electrons. The average Bonchev–Trinajstić information content (AvgIpc) is 2.66. The van der Waals surface area contributed by atoms with Crippen molar-refractivity contribution in [1.29, 1.82) is 0 Å². The topological polar surface area (TPSA) is 75.1 Å². The predicted octanol–water partition coefficient (Wildman–Crippen LogP) is 1.80. The molecule has 2 N–H and O–H groups in total. The molecule has 0 aromatic carbocycles. The highest BCUT2D eigenvalue weighted by atomic mass is 35.5. The van der Waals surface area contributed by atoms with E-state index in [0.29, 0.717) is 12.2 Å². The number of carboxylic acids is 1. The van der Waals surface area contributed by atoms with Gasteiger partial charge in [-0.1, -0.05) is 6.42 Å². The number of nitrogens with zero attached hydrogens (tertiary/aromatic N) is 2. The number of halogens is 1. The molecule has 1 aliphatic carbocycles. The Morgan fingerprint density at radius 1 is 1.56 bits per heavy atom. The summed E-state index contributed by atoms with van der Waals surface area (Å²) in [4.78, 5) is 18.7. The lowest BCUT2D eigenvalue weighted by Crippen LogP contribution is -2.30. The fourth-order valence-electron chi connectivity index (χ4n) is 2.03. The van der Waals surface area contributed by atoms with Gasteiger partial charge in [-0.25, -0.2) is 9.97 Å². The smallest absolute Gasteiger partial charge is 0.308 e. The van der Waals surface area contributed by atoms with E-state index in [9.17, 15) is 4.79 Å². The third kappa shape index (κ3) is 2.41. The first-order valence-corrected chi connectivity index (χ1v) is 5.52. The molecule has 0 spiro atoms. The molecule has 5 nitrogen and oxygen atoms in total. The summed E-state index contributed by atoms with van der Waals surface area (Å²) in [5.74, 6) is -0.512. The Morgan fingerprint density at radius 3 is 3.06 bits per heavy atom. The summed E-state index contributed by atoms with van der Waals surface area (Å²) >= 11 is 5.65. The number of anilines is 1. The first kappa shape index (κ1) is 11.1. The van der Waals surface area contributed by atoms with Crippen LogP contribution in [0, 0.1) is 5.92 Å². The third-order valence-electron chi connectivity index (χ3n) is 2.79. The van der Waals surface area contributed by atoms with Crippen molar-refractivity contribution in [3.8, 4) is 0 Å². The average molecular weight is 242 g/mol. The van der Waals surface area contributed by atoms with Crippen LogP contribution in [0.15, 0.2) is 12.3 Å². The van der Waals surface area contributed by atoms with Crippen LogP contribution in [0.2, 0.25) is 5.28 Å². The summed E-state index contributed by atoms with van der Waals surface area (Å²) in [7, 11) is 0. The van der Waals surface area contributed by atoms with Gasteiger partial charge in [-0.05, 0) is 30.5 Å². The van der Waals surface area contributed by atoms with Gasteiger partial charge in [-0.2, -0.15) is 0 Å². The van der Waals surface area contributed by atoms with E-state index in [1.165, 1.54) is 0 Å². The minimum absolute atomic E-state index is 0.0662. The molecule has 1 fully saturated rings. The van der Waals surface area contributed by atoms with Gasteiger partial charge in [0.15, 0.2) is 0 Å². The number of hydrogen-bond donors (Lipinski definition) is 2. The molecule has 2 rings (SSSR count). The van der Waals surface area contributed by atoms with E-state index in [0.717, 1.165) is 12.8 Å².